The first-order valence-corrected chi connectivity index (χ1v) is 22.3. The lowest BCUT2D eigenvalue weighted by Crippen LogP contribution is -2.53. The highest BCUT2D eigenvalue weighted by Crippen LogP contribution is 2.28. The average Bonchev–Trinajstić information content (AvgIpc) is 2.78. The van der Waals surface area contributed by atoms with Gasteiger partial charge in [0, 0.05) is 0 Å². The van der Waals surface area contributed by atoms with Crippen LogP contribution in [0.3, 0.4) is 0 Å². The van der Waals surface area contributed by atoms with Gasteiger partial charge in [0.2, 0.25) is 0 Å². The Morgan fingerprint density at radius 2 is 1.24 bits per heavy atom. The molecule has 0 heterocycles. The van der Waals surface area contributed by atoms with Crippen molar-refractivity contribution in [1.82, 2.24) is 0 Å². The van der Waals surface area contributed by atoms with Gasteiger partial charge in [-0.2, -0.15) is 0 Å². The molecule has 9 heteroatoms. The third-order valence-corrected chi connectivity index (χ3v) is 15.1. The van der Waals surface area contributed by atoms with Gasteiger partial charge in [-0.3, -0.25) is 0 Å². The lowest BCUT2D eigenvalue weighted by atomic mass is 9.97. The zero-order valence-electron chi connectivity index (χ0n) is 23.9. The van der Waals surface area contributed by atoms with Gasteiger partial charge in [0.05, 0.1) is 6.61 Å². The Morgan fingerprint density at radius 3 is 1.63 bits per heavy atom. The van der Waals surface area contributed by atoms with Gasteiger partial charge in [-0.05, 0) is 80.6 Å². The summed E-state index contributed by atoms with van der Waals surface area (Å²) in [7, 11) is -6.23. The van der Waals surface area contributed by atoms with Crippen LogP contribution in [-0.2, 0) is 22.6 Å². The molecule has 2 aromatic rings. The zero-order chi connectivity index (χ0) is 28.6. The normalized spacial score (nSPS) is 13.5. The van der Waals surface area contributed by atoms with E-state index in [4.69, 9.17) is 13.0 Å². The summed E-state index contributed by atoms with van der Waals surface area (Å²) in [4.78, 5) is 24.9. The molecule has 206 valence electrons. The summed E-state index contributed by atoms with van der Waals surface area (Å²) in [5.41, 5.74) is 2.21. The van der Waals surface area contributed by atoms with Crippen LogP contribution >= 0.6 is 0 Å². The van der Waals surface area contributed by atoms with E-state index in [-0.39, 0.29) is 12.5 Å². The fraction of sp³-hybridized carbons (Fsp3) is 0.379. The Kier molecular flexibility index (Phi) is 11.2. The van der Waals surface area contributed by atoms with Crippen molar-refractivity contribution in [3.05, 3.63) is 89.5 Å². The Hall–Kier alpha value is -2.57. The van der Waals surface area contributed by atoms with Crippen LogP contribution in [0, 0.1) is 5.92 Å². The predicted molar refractivity (Wildman–Crippen MR) is 161 cm³/mol. The number of allylic oxidation sites excluding steroid dienone is 2. The van der Waals surface area contributed by atoms with E-state index in [1.165, 1.54) is 6.08 Å². The number of carboxylic acid groups (broad SMARTS) is 1. The monoisotopic (exact) mass is 570 g/mol. The summed E-state index contributed by atoms with van der Waals surface area (Å²) in [6.45, 7) is 17.0. The summed E-state index contributed by atoms with van der Waals surface area (Å²) < 4.78 is 18.6. The Morgan fingerprint density at radius 1 is 0.789 bits per heavy atom. The fourth-order valence-corrected chi connectivity index (χ4v) is 17.3. The van der Waals surface area contributed by atoms with Crippen LogP contribution in [0.25, 0.3) is 5.57 Å². The van der Waals surface area contributed by atoms with E-state index in [2.05, 4.69) is 45.8 Å². The maximum atomic E-state index is 12.9. The smallest absolute Gasteiger partial charge is 0.345 e. The van der Waals surface area contributed by atoms with Crippen LogP contribution in [0.4, 0.5) is 0 Å². The van der Waals surface area contributed by atoms with E-state index >= 15 is 0 Å². The minimum Gasteiger partial charge on any atom is -0.477 e. The minimum atomic E-state index is -2.52. The number of rotatable bonds is 13. The van der Waals surface area contributed by atoms with E-state index in [9.17, 15) is 14.7 Å². The number of benzene rings is 2. The van der Waals surface area contributed by atoms with Crippen molar-refractivity contribution in [2.75, 3.05) is 6.61 Å². The topological polar surface area (TPSA) is 82.1 Å². The lowest BCUT2D eigenvalue weighted by molar-refractivity contribution is -0.145. The van der Waals surface area contributed by atoms with E-state index in [1.54, 1.807) is 6.08 Å². The van der Waals surface area contributed by atoms with E-state index in [1.807, 2.05) is 67.6 Å². The van der Waals surface area contributed by atoms with E-state index in [0.29, 0.717) is 6.04 Å². The molecule has 0 radical (unpaired) electrons. The second-order valence-electron chi connectivity index (χ2n) is 11.7. The first-order valence-electron chi connectivity index (χ1n) is 12.9. The highest BCUT2D eigenvalue weighted by atomic mass is 28.5. The zero-order valence-corrected chi connectivity index (χ0v) is 26.9. The summed E-state index contributed by atoms with van der Waals surface area (Å²) in [5.74, 6) is -2.23. The van der Waals surface area contributed by atoms with Gasteiger partial charge < -0.3 is 18.1 Å². The minimum absolute atomic E-state index is 0.0434. The second-order valence-corrected chi connectivity index (χ2v) is 24.4. The number of ether oxygens (including phenoxy) is 1. The standard InChI is InChI=1S/C29H42O6Si3/c1-23(22-38(8,34-36(2,3)4)35-37(5,6)7)21-33-29(32)27(28(30)31)20-19-26(24-15-11-9-12-16-24)25-17-13-10-14-18-25/h9-20,23H,21-22H2,1-8H3,(H,30,31). The van der Waals surface area contributed by atoms with Gasteiger partial charge in [-0.25, -0.2) is 9.59 Å². The predicted octanol–water partition coefficient (Wildman–Crippen LogP) is 7.08. The highest BCUT2D eigenvalue weighted by Gasteiger charge is 2.41. The van der Waals surface area contributed by atoms with Crippen molar-refractivity contribution in [2.45, 2.75) is 58.8 Å². The molecule has 1 unspecified atom stereocenters. The van der Waals surface area contributed by atoms with Crippen molar-refractivity contribution in [3.63, 3.8) is 0 Å². The molecule has 0 fully saturated rings. The molecule has 2 rings (SSSR count). The number of esters is 1. The molecule has 1 atom stereocenters. The molecule has 38 heavy (non-hydrogen) atoms. The number of hydrogen-bond acceptors (Lipinski definition) is 5. The number of carboxylic acids is 1. The largest absolute Gasteiger partial charge is 0.477 e. The highest BCUT2D eigenvalue weighted by molar-refractivity contribution is 6.87. The van der Waals surface area contributed by atoms with Crippen molar-refractivity contribution in [3.8, 4) is 0 Å². The molecule has 0 aliphatic rings. The average molecular weight is 571 g/mol. The molecule has 0 saturated carbocycles. The van der Waals surface area contributed by atoms with Gasteiger partial charge in [0.15, 0.2) is 16.6 Å². The molecule has 0 bridgehead atoms. The molecule has 6 nitrogen and oxygen atoms in total. The van der Waals surface area contributed by atoms with Crippen LogP contribution in [0.5, 0.6) is 0 Å². The molecule has 0 saturated heterocycles. The molecule has 1 N–H and O–H groups in total. The second kappa shape index (κ2) is 13.5. The molecule has 0 spiro atoms. The van der Waals surface area contributed by atoms with Gasteiger partial charge in [-0.1, -0.05) is 73.7 Å². The summed E-state index contributed by atoms with van der Waals surface area (Å²) in [5, 5.41) is 9.78. The molecule has 0 aromatic heterocycles. The SMILES string of the molecule is CC(COC(=O)C(=CC=C(c1ccccc1)c1ccccc1)C(=O)O)C[Si](C)(O[Si](C)(C)C)O[Si](C)(C)C. The molecule has 0 amide bonds. The quantitative estimate of drug-likeness (QED) is 0.0692. The summed E-state index contributed by atoms with van der Waals surface area (Å²) in [6.07, 6.45) is 2.98. The first kappa shape index (κ1) is 31.6. The van der Waals surface area contributed by atoms with E-state index in [0.717, 1.165) is 16.7 Å². The van der Waals surface area contributed by atoms with Crippen molar-refractivity contribution >= 4 is 42.7 Å². The third-order valence-electron chi connectivity index (χ3n) is 5.30. The Labute approximate surface area is 230 Å². The summed E-state index contributed by atoms with van der Waals surface area (Å²) in [6, 6.07) is 19.9. The van der Waals surface area contributed by atoms with Crippen molar-refractivity contribution < 1.29 is 27.7 Å². The Balaban J connectivity index is 2.22. The van der Waals surface area contributed by atoms with Gasteiger partial charge in [-0.15, -0.1) is 0 Å². The van der Waals surface area contributed by atoms with Crippen LogP contribution in [0.15, 0.2) is 78.4 Å². The number of aliphatic carboxylic acids is 1. The van der Waals surface area contributed by atoms with Crippen LogP contribution in [-0.4, -0.2) is 48.8 Å². The maximum absolute atomic E-state index is 12.9. The molecular formula is C29H42O6Si3. The molecule has 0 aliphatic carbocycles. The first-order chi connectivity index (χ1) is 17.6. The number of hydrogen-bond donors (Lipinski definition) is 1. The summed E-state index contributed by atoms with van der Waals surface area (Å²) >= 11 is 0. The van der Waals surface area contributed by atoms with Crippen molar-refractivity contribution in [2.24, 2.45) is 5.92 Å². The van der Waals surface area contributed by atoms with Crippen LogP contribution in [0.2, 0.25) is 51.9 Å². The van der Waals surface area contributed by atoms with Gasteiger partial charge in [0.1, 0.15) is 5.57 Å². The molecule has 0 aliphatic heterocycles. The van der Waals surface area contributed by atoms with Crippen LogP contribution in [0.1, 0.15) is 18.1 Å². The van der Waals surface area contributed by atoms with Gasteiger partial charge >= 0.3 is 20.5 Å². The third kappa shape index (κ3) is 11.0. The van der Waals surface area contributed by atoms with Crippen LogP contribution < -0.4 is 0 Å². The van der Waals surface area contributed by atoms with Gasteiger partial charge in [0.25, 0.3) is 0 Å². The molecule has 2 aromatic carbocycles. The molecular weight excluding hydrogens is 529 g/mol. The maximum Gasteiger partial charge on any atom is 0.345 e. The number of carbonyl (C=O) groups excluding carboxylic acids is 1. The fourth-order valence-electron chi connectivity index (χ4n) is 4.38. The van der Waals surface area contributed by atoms with E-state index < -0.39 is 42.7 Å². The lowest BCUT2D eigenvalue weighted by Gasteiger charge is -2.39. The van der Waals surface area contributed by atoms with Crippen molar-refractivity contribution in [1.29, 1.82) is 0 Å². The number of carbonyl (C=O) groups is 2. The Bertz CT molecular complexity index is 1070.